The SMILES string of the molecule is CCNC(C1COC(C)C1)C1CCOC2(CCCCC2)C1. The van der Waals surface area contributed by atoms with Crippen LogP contribution in [0.1, 0.15) is 65.2 Å². The molecule has 2 aliphatic heterocycles. The Hall–Kier alpha value is -0.120. The molecule has 3 fully saturated rings. The molecule has 2 heterocycles. The maximum Gasteiger partial charge on any atom is 0.0685 e. The monoisotopic (exact) mass is 295 g/mol. The van der Waals surface area contributed by atoms with E-state index in [1.165, 1.54) is 51.4 Å². The fourth-order valence-electron chi connectivity index (χ4n) is 4.97. The Morgan fingerprint density at radius 1 is 1.19 bits per heavy atom. The Balaban J connectivity index is 1.66. The van der Waals surface area contributed by atoms with Crippen molar-refractivity contribution in [2.45, 2.75) is 83.0 Å². The van der Waals surface area contributed by atoms with E-state index in [-0.39, 0.29) is 5.60 Å². The van der Waals surface area contributed by atoms with E-state index in [0.717, 1.165) is 25.7 Å². The predicted octanol–water partition coefficient (Wildman–Crippen LogP) is 3.52. The third-order valence-corrected chi connectivity index (χ3v) is 5.98. The molecule has 0 aromatic heterocycles. The minimum Gasteiger partial charge on any atom is -0.378 e. The van der Waals surface area contributed by atoms with Crippen molar-refractivity contribution in [3.05, 3.63) is 0 Å². The van der Waals surface area contributed by atoms with E-state index in [9.17, 15) is 0 Å². The van der Waals surface area contributed by atoms with Gasteiger partial charge in [0.2, 0.25) is 0 Å². The van der Waals surface area contributed by atoms with Crippen molar-refractivity contribution < 1.29 is 9.47 Å². The summed E-state index contributed by atoms with van der Waals surface area (Å²) in [6, 6.07) is 0.627. The number of ether oxygens (including phenoxy) is 2. The molecule has 1 spiro atoms. The highest BCUT2D eigenvalue weighted by molar-refractivity contribution is 4.96. The van der Waals surface area contributed by atoms with Crippen LogP contribution in [0.15, 0.2) is 0 Å². The first-order chi connectivity index (χ1) is 10.2. The van der Waals surface area contributed by atoms with Crippen LogP contribution < -0.4 is 5.32 Å². The quantitative estimate of drug-likeness (QED) is 0.861. The van der Waals surface area contributed by atoms with Crippen LogP contribution in [0, 0.1) is 11.8 Å². The molecule has 122 valence electrons. The van der Waals surface area contributed by atoms with Gasteiger partial charge >= 0.3 is 0 Å². The second kappa shape index (κ2) is 6.97. The number of hydrogen-bond acceptors (Lipinski definition) is 3. The Morgan fingerprint density at radius 3 is 2.67 bits per heavy atom. The lowest BCUT2D eigenvalue weighted by molar-refractivity contribution is -0.124. The van der Waals surface area contributed by atoms with Crippen LogP contribution in [0.3, 0.4) is 0 Å². The zero-order valence-electron chi connectivity index (χ0n) is 13.9. The first kappa shape index (κ1) is 15.8. The topological polar surface area (TPSA) is 30.5 Å². The Morgan fingerprint density at radius 2 is 2.00 bits per heavy atom. The molecule has 4 atom stereocenters. The van der Waals surface area contributed by atoms with Gasteiger partial charge < -0.3 is 14.8 Å². The molecule has 1 aliphatic carbocycles. The van der Waals surface area contributed by atoms with Gasteiger partial charge in [0.15, 0.2) is 0 Å². The van der Waals surface area contributed by atoms with E-state index in [2.05, 4.69) is 19.2 Å². The average Bonchev–Trinajstić information content (AvgIpc) is 2.92. The molecule has 0 bridgehead atoms. The lowest BCUT2D eigenvalue weighted by atomic mass is 9.71. The van der Waals surface area contributed by atoms with Crippen molar-refractivity contribution >= 4 is 0 Å². The van der Waals surface area contributed by atoms with Gasteiger partial charge in [-0.1, -0.05) is 26.2 Å². The largest absolute Gasteiger partial charge is 0.378 e. The van der Waals surface area contributed by atoms with Crippen molar-refractivity contribution in [3.63, 3.8) is 0 Å². The number of nitrogens with one attached hydrogen (secondary N) is 1. The Kier molecular flexibility index (Phi) is 5.23. The molecule has 3 nitrogen and oxygen atoms in total. The number of hydrogen-bond donors (Lipinski definition) is 1. The van der Waals surface area contributed by atoms with Gasteiger partial charge in [-0.2, -0.15) is 0 Å². The normalized spacial score (nSPS) is 37.7. The highest BCUT2D eigenvalue weighted by Crippen LogP contribution is 2.43. The summed E-state index contributed by atoms with van der Waals surface area (Å²) >= 11 is 0. The highest BCUT2D eigenvalue weighted by atomic mass is 16.5. The van der Waals surface area contributed by atoms with Crippen LogP contribution in [0.25, 0.3) is 0 Å². The third kappa shape index (κ3) is 3.62. The predicted molar refractivity (Wildman–Crippen MR) is 85.5 cm³/mol. The van der Waals surface area contributed by atoms with Gasteiger partial charge in [0.25, 0.3) is 0 Å². The molecule has 3 aliphatic rings. The molecule has 3 heteroatoms. The first-order valence-corrected chi connectivity index (χ1v) is 9.21. The molecule has 21 heavy (non-hydrogen) atoms. The number of rotatable bonds is 4. The molecule has 0 radical (unpaired) electrons. The van der Waals surface area contributed by atoms with Gasteiger partial charge in [-0.3, -0.25) is 0 Å². The lowest BCUT2D eigenvalue weighted by Crippen LogP contribution is -2.50. The Labute approximate surface area is 130 Å². The van der Waals surface area contributed by atoms with Crippen LogP contribution in [-0.4, -0.2) is 37.5 Å². The summed E-state index contributed by atoms with van der Waals surface area (Å²) in [5.41, 5.74) is 0.222. The van der Waals surface area contributed by atoms with E-state index < -0.39 is 0 Å². The molecule has 1 N–H and O–H groups in total. The molecular formula is C18H33NO2. The second-order valence-corrected chi connectivity index (χ2v) is 7.57. The summed E-state index contributed by atoms with van der Waals surface area (Å²) in [6.07, 6.45) is 10.9. The summed E-state index contributed by atoms with van der Waals surface area (Å²) in [5.74, 6) is 1.47. The van der Waals surface area contributed by atoms with Crippen LogP contribution in [0.5, 0.6) is 0 Å². The standard InChI is InChI=1S/C18H33NO2/c1-3-19-17(16-11-14(2)20-13-16)15-7-10-21-18(12-15)8-5-4-6-9-18/h14-17,19H,3-13H2,1-2H3. The second-order valence-electron chi connectivity index (χ2n) is 7.57. The minimum atomic E-state index is 0.222. The molecule has 2 saturated heterocycles. The summed E-state index contributed by atoms with van der Waals surface area (Å²) in [4.78, 5) is 0. The van der Waals surface area contributed by atoms with Gasteiger partial charge in [-0.25, -0.2) is 0 Å². The van der Waals surface area contributed by atoms with E-state index in [0.29, 0.717) is 18.1 Å². The smallest absolute Gasteiger partial charge is 0.0685 e. The average molecular weight is 295 g/mol. The zero-order chi connectivity index (χ0) is 14.7. The fourth-order valence-corrected chi connectivity index (χ4v) is 4.97. The van der Waals surface area contributed by atoms with Crippen LogP contribution >= 0.6 is 0 Å². The highest BCUT2D eigenvalue weighted by Gasteiger charge is 2.43. The molecule has 3 rings (SSSR count). The minimum absolute atomic E-state index is 0.222. The van der Waals surface area contributed by atoms with Gasteiger partial charge in [0.1, 0.15) is 0 Å². The first-order valence-electron chi connectivity index (χ1n) is 9.21. The Bertz CT molecular complexity index is 322. The fraction of sp³-hybridized carbons (Fsp3) is 1.00. The van der Waals surface area contributed by atoms with E-state index in [1.807, 2.05) is 0 Å². The van der Waals surface area contributed by atoms with E-state index in [4.69, 9.17) is 9.47 Å². The maximum atomic E-state index is 6.29. The molecular weight excluding hydrogens is 262 g/mol. The molecule has 0 aromatic rings. The molecule has 0 aromatic carbocycles. The summed E-state index contributed by atoms with van der Waals surface area (Å²) in [5, 5.41) is 3.80. The van der Waals surface area contributed by atoms with Crippen molar-refractivity contribution in [3.8, 4) is 0 Å². The summed E-state index contributed by atoms with van der Waals surface area (Å²) in [7, 11) is 0. The van der Waals surface area contributed by atoms with Crippen LogP contribution in [-0.2, 0) is 9.47 Å². The molecule has 4 unspecified atom stereocenters. The van der Waals surface area contributed by atoms with Gasteiger partial charge in [0, 0.05) is 18.6 Å². The van der Waals surface area contributed by atoms with Crippen molar-refractivity contribution in [1.29, 1.82) is 0 Å². The zero-order valence-corrected chi connectivity index (χ0v) is 13.9. The van der Waals surface area contributed by atoms with Crippen molar-refractivity contribution in [1.82, 2.24) is 5.32 Å². The molecule has 1 saturated carbocycles. The van der Waals surface area contributed by atoms with Gasteiger partial charge in [0.05, 0.1) is 18.3 Å². The summed E-state index contributed by atoms with van der Waals surface area (Å²) in [6.45, 7) is 7.44. The van der Waals surface area contributed by atoms with Gasteiger partial charge in [-0.15, -0.1) is 0 Å². The van der Waals surface area contributed by atoms with Crippen LogP contribution in [0.4, 0.5) is 0 Å². The summed E-state index contributed by atoms with van der Waals surface area (Å²) < 4.78 is 12.1. The molecule has 0 amide bonds. The van der Waals surface area contributed by atoms with E-state index >= 15 is 0 Å². The van der Waals surface area contributed by atoms with Crippen LogP contribution in [0.2, 0.25) is 0 Å². The van der Waals surface area contributed by atoms with Crippen molar-refractivity contribution in [2.75, 3.05) is 19.8 Å². The lowest BCUT2D eigenvalue weighted by Gasteiger charge is -2.46. The van der Waals surface area contributed by atoms with Gasteiger partial charge in [-0.05, 0) is 51.5 Å². The third-order valence-electron chi connectivity index (χ3n) is 5.98. The maximum absolute atomic E-state index is 6.29. The van der Waals surface area contributed by atoms with Crippen molar-refractivity contribution in [2.24, 2.45) is 11.8 Å². The van der Waals surface area contributed by atoms with E-state index in [1.54, 1.807) is 0 Å².